The number of allylic oxidation sites excluding steroid dienone is 3. The van der Waals surface area contributed by atoms with Crippen LogP contribution in [0.2, 0.25) is 0 Å². The highest BCUT2D eigenvalue weighted by molar-refractivity contribution is 8.09. The van der Waals surface area contributed by atoms with E-state index in [2.05, 4.69) is 6.08 Å². The van der Waals surface area contributed by atoms with Crippen LogP contribution in [0.5, 0.6) is 0 Å². The first-order valence-corrected chi connectivity index (χ1v) is 21.4. The van der Waals surface area contributed by atoms with Crippen molar-refractivity contribution in [2.24, 2.45) is 17.8 Å². The Morgan fingerprint density at radius 2 is 1.60 bits per heavy atom. The summed E-state index contributed by atoms with van der Waals surface area (Å²) in [5, 5.41) is 0. The molecule has 2 aliphatic carbocycles. The first-order valence-electron chi connectivity index (χ1n) is 18.4. The van der Waals surface area contributed by atoms with Crippen LogP contribution in [0.15, 0.2) is 119 Å². The van der Waals surface area contributed by atoms with Crippen molar-refractivity contribution in [3.63, 3.8) is 0 Å². The molecule has 0 spiro atoms. The van der Waals surface area contributed by atoms with Crippen LogP contribution in [-0.2, 0) is 42.8 Å². The minimum atomic E-state index is -4.55. The van der Waals surface area contributed by atoms with Crippen molar-refractivity contribution in [2.45, 2.75) is 97.4 Å². The summed E-state index contributed by atoms with van der Waals surface area (Å²) in [5.74, 6) is 0.234. The molecule has 2 fully saturated rings. The van der Waals surface area contributed by atoms with E-state index in [-0.39, 0.29) is 57.9 Å². The summed E-state index contributed by atoms with van der Waals surface area (Å²) in [6.07, 6.45) is 12.9. The molecule has 10 heteroatoms. The van der Waals surface area contributed by atoms with Crippen LogP contribution in [0.4, 0.5) is 0 Å². The molecule has 1 saturated heterocycles. The SMILES string of the molecule is COC(=O)CCCCC1=C[C@H]2C[C@@H](OC3CCCCO3)[C@H](/C=C/CC(c3cccc(C)c3)(S(=O)(=O)c3ccccc3)S(=O)(=O)c3ccccc3)[C@H]2C1. The van der Waals surface area contributed by atoms with Crippen molar-refractivity contribution < 1.29 is 35.8 Å². The van der Waals surface area contributed by atoms with E-state index in [0.29, 0.717) is 13.0 Å². The van der Waals surface area contributed by atoms with Gasteiger partial charge in [-0.05, 0) is 100.0 Å². The van der Waals surface area contributed by atoms with Crippen molar-refractivity contribution >= 4 is 25.6 Å². The monoisotopic (exact) mass is 746 g/mol. The number of sulfone groups is 2. The smallest absolute Gasteiger partial charge is 0.305 e. The van der Waals surface area contributed by atoms with Gasteiger partial charge < -0.3 is 14.2 Å². The maximum Gasteiger partial charge on any atom is 0.305 e. The van der Waals surface area contributed by atoms with E-state index in [0.717, 1.165) is 56.9 Å². The molecule has 3 aromatic carbocycles. The second-order valence-electron chi connectivity index (χ2n) is 14.3. The molecule has 1 heterocycles. The second-order valence-corrected chi connectivity index (χ2v) is 18.9. The molecule has 6 rings (SSSR count). The van der Waals surface area contributed by atoms with Gasteiger partial charge in [-0.15, -0.1) is 0 Å². The third-order valence-corrected chi connectivity index (χ3v) is 16.6. The molecule has 0 radical (unpaired) electrons. The van der Waals surface area contributed by atoms with Gasteiger partial charge in [0.1, 0.15) is 0 Å². The number of hydrogen-bond acceptors (Lipinski definition) is 8. The number of methoxy groups -OCH3 is 1. The lowest BCUT2D eigenvalue weighted by Crippen LogP contribution is -2.43. The minimum Gasteiger partial charge on any atom is -0.469 e. The lowest BCUT2D eigenvalue weighted by atomic mass is 9.88. The molecular weight excluding hydrogens is 697 g/mol. The molecule has 8 nitrogen and oxygen atoms in total. The number of rotatable bonds is 15. The summed E-state index contributed by atoms with van der Waals surface area (Å²) in [6.45, 7) is 2.50. The third kappa shape index (κ3) is 7.86. The summed E-state index contributed by atoms with van der Waals surface area (Å²) in [7, 11) is -7.69. The largest absolute Gasteiger partial charge is 0.469 e. The second kappa shape index (κ2) is 16.6. The van der Waals surface area contributed by atoms with E-state index in [1.165, 1.54) is 36.9 Å². The maximum atomic E-state index is 15.1. The van der Waals surface area contributed by atoms with E-state index in [4.69, 9.17) is 14.2 Å². The topological polar surface area (TPSA) is 113 Å². The fourth-order valence-corrected chi connectivity index (χ4v) is 13.3. The molecule has 1 unspecified atom stereocenters. The number of hydrogen-bond donors (Lipinski definition) is 0. The highest BCUT2D eigenvalue weighted by atomic mass is 32.3. The van der Waals surface area contributed by atoms with Gasteiger partial charge in [-0.25, -0.2) is 16.8 Å². The molecule has 3 aliphatic rings. The van der Waals surface area contributed by atoms with Crippen LogP contribution in [0.25, 0.3) is 0 Å². The van der Waals surface area contributed by atoms with Gasteiger partial charge in [-0.3, -0.25) is 4.79 Å². The normalized spacial score (nSPS) is 23.7. The van der Waals surface area contributed by atoms with Gasteiger partial charge in [0.15, 0.2) is 6.29 Å². The number of carbonyl (C=O) groups excluding carboxylic acids is 1. The standard InChI is InChI=1S/C42H50O8S2/c1-31-15-13-17-34(27-31)42(51(44,45)35-18-5-3-6-19-35,52(46,47)36-20-7-4-8-21-36)25-14-22-37-38-29-32(16-9-10-23-40(43)48-2)28-33(38)30-39(37)50-41-24-11-12-26-49-41/h3-8,13-15,17-22,27-28,33,37-39,41H,9-12,16,23-26,29-30H2,1-2H3/b22-14+/t33-,37+,38-,39+,41?/m0/s1. The number of fused-ring (bicyclic) bond motifs is 1. The average molecular weight is 747 g/mol. The molecule has 0 amide bonds. The van der Waals surface area contributed by atoms with Crippen LogP contribution in [0, 0.1) is 24.7 Å². The van der Waals surface area contributed by atoms with Crippen LogP contribution in [0.3, 0.4) is 0 Å². The van der Waals surface area contributed by atoms with Crippen LogP contribution in [-0.4, -0.2) is 48.9 Å². The van der Waals surface area contributed by atoms with Gasteiger partial charge in [-0.1, -0.05) is 90.0 Å². The molecule has 0 N–H and O–H groups in total. The molecule has 1 aliphatic heterocycles. The Labute approximate surface area is 309 Å². The van der Waals surface area contributed by atoms with Crippen molar-refractivity contribution in [2.75, 3.05) is 13.7 Å². The number of benzene rings is 3. The fourth-order valence-electron chi connectivity index (χ4n) is 8.28. The Morgan fingerprint density at radius 1 is 0.904 bits per heavy atom. The predicted octanol–water partition coefficient (Wildman–Crippen LogP) is 8.27. The highest BCUT2D eigenvalue weighted by Crippen LogP contribution is 2.51. The zero-order valence-electron chi connectivity index (χ0n) is 30.1. The Kier molecular flexibility index (Phi) is 12.2. The number of carbonyl (C=O) groups is 1. The zero-order chi connectivity index (χ0) is 36.8. The first-order chi connectivity index (χ1) is 25.1. The summed E-state index contributed by atoms with van der Waals surface area (Å²) in [4.78, 5) is 11.5. The van der Waals surface area contributed by atoms with E-state index < -0.39 is 23.8 Å². The molecular formula is C42H50O8S2. The fraction of sp³-hybridized carbons (Fsp3) is 0.452. The van der Waals surface area contributed by atoms with Crippen molar-refractivity contribution in [3.8, 4) is 0 Å². The Hall–Kier alpha value is -3.57. The van der Waals surface area contributed by atoms with Crippen molar-refractivity contribution in [1.82, 2.24) is 0 Å². The Bertz CT molecular complexity index is 1880. The van der Waals surface area contributed by atoms with Crippen LogP contribution in [0.1, 0.15) is 75.3 Å². The number of aryl methyl sites for hydroxylation is 1. The molecule has 278 valence electrons. The number of ether oxygens (including phenoxy) is 3. The summed E-state index contributed by atoms with van der Waals surface area (Å²) >= 11 is 0. The van der Waals surface area contributed by atoms with E-state index in [1.54, 1.807) is 60.7 Å². The van der Waals surface area contributed by atoms with Crippen LogP contribution < -0.4 is 0 Å². The van der Waals surface area contributed by atoms with Gasteiger partial charge in [0.05, 0.1) is 23.0 Å². The van der Waals surface area contributed by atoms with Gasteiger partial charge in [-0.2, -0.15) is 0 Å². The molecule has 0 aromatic heterocycles. The van der Waals surface area contributed by atoms with E-state index in [1.807, 2.05) is 19.1 Å². The predicted molar refractivity (Wildman–Crippen MR) is 201 cm³/mol. The number of unbranched alkanes of at least 4 members (excludes halogenated alkanes) is 1. The molecule has 1 saturated carbocycles. The van der Waals surface area contributed by atoms with Gasteiger partial charge in [0, 0.05) is 25.4 Å². The van der Waals surface area contributed by atoms with E-state index >= 15 is 16.8 Å². The molecule has 0 bridgehead atoms. The maximum absolute atomic E-state index is 15.1. The minimum absolute atomic E-state index is 0.0576. The Balaban J connectivity index is 1.38. The van der Waals surface area contributed by atoms with Crippen molar-refractivity contribution in [1.29, 1.82) is 0 Å². The lowest BCUT2D eigenvalue weighted by Gasteiger charge is -2.33. The quantitative estimate of drug-likeness (QED) is 0.0868. The zero-order valence-corrected chi connectivity index (χ0v) is 31.7. The third-order valence-electron chi connectivity index (χ3n) is 10.9. The summed E-state index contributed by atoms with van der Waals surface area (Å²) in [5.41, 5.74) is 2.32. The van der Waals surface area contributed by atoms with Gasteiger partial charge in [0.2, 0.25) is 23.8 Å². The average Bonchev–Trinajstić information content (AvgIpc) is 3.69. The molecule has 3 aromatic rings. The summed E-state index contributed by atoms with van der Waals surface area (Å²) < 4.78 is 75.3. The van der Waals surface area contributed by atoms with Crippen molar-refractivity contribution in [3.05, 3.63) is 120 Å². The molecule has 5 atom stereocenters. The van der Waals surface area contributed by atoms with Gasteiger partial charge >= 0.3 is 5.97 Å². The first kappa shape index (κ1) is 38.2. The highest BCUT2D eigenvalue weighted by Gasteiger charge is 2.57. The van der Waals surface area contributed by atoms with Crippen LogP contribution >= 0.6 is 0 Å². The molecule has 52 heavy (non-hydrogen) atoms. The summed E-state index contributed by atoms with van der Waals surface area (Å²) in [6, 6.07) is 22.6. The lowest BCUT2D eigenvalue weighted by molar-refractivity contribution is -0.192. The number of esters is 1. The van der Waals surface area contributed by atoms with Gasteiger partial charge in [0.25, 0.3) is 0 Å². The Morgan fingerprint density at radius 3 is 2.21 bits per heavy atom. The van der Waals surface area contributed by atoms with E-state index in [9.17, 15) is 4.79 Å².